The first-order chi connectivity index (χ1) is 8.17. The zero-order chi connectivity index (χ0) is 12.7. The fourth-order valence-electron chi connectivity index (χ4n) is 2.05. The molecule has 1 unspecified atom stereocenters. The van der Waals surface area contributed by atoms with E-state index in [1.165, 1.54) is 6.42 Å². The van der Waals surface area contributed by atoms with Crippen molar-refractivity contribution in [1.82, 2.24) is 4.90 Å². The number of hydrogen-bond donors (Lipinski definition) is 2. The van der Waals surface area contributed by atoms with Crippen molar-refractivity contribution in [1.29, 1.82) is 0 Å². The van der Waals surface area contributed by atoms with Gasteiger partial charge in [0.15, 0.2) is 0 Å². The summed E-state index contributed by atoms with van der Waals surface area (Å²) in [7, 11) is 0. The summed E-state index contributed by atoms with van der Waals surface area (Å²) in [6.07, 6.45) is 2.77. The first-order valence-electron chi connectivity index (χ1n) is 6.36. The number of carbonyl (C=O) groups is 1. The summed E-state index contributed by atoms with van der Waals surface area (Å²) < 4.78 is 4.79. The Kier molecular flexibility index (Phi) is 6.47. The quantitative estimate of drug-likeness (QED) is 0.596. The zero-order valence-corrected chi connectivity index (χ0v) is 10.5. The first kappa shape index (κ1) is 14.4. The highest BCUT2D eigenvalue weighted by molar-refractivity contribution is 5.69. The lowest BCUT2D eigenvalue weighted by Crippen LogP contribution is -2.45. The van der Waals surface area contributed by atoms with Gasteiger partial charge in [-0.3, -0.25) is 9.69 Å². The summed E-state index contributed by atoms with van der Waals surface area (Å²) in [5.41, 5.74) is 0. The van der Waals surface area contributed by atoms with E-state index in [0.29, 0.717) is 25.7 Å². The van der Waals surface area contributed by atoms with E-state index in [1.807, 2.05) is 0 Å². The normalized spacial score (nSPS) is 17.9. The average Bonchev–Trinajstić information content (AvgIpc) is 2.14. The Morgan fingerprint density at radius 2 is 2.24 bits per heavy atom. The van der Waals surface area contributed by atoms with Crippen LogP contribution in [0.3, 0.4) is 0 Å². The molecule has 0 amide bonds. The Labute approximate surface area is 102 Å². The van der Waals surface area contributed by atoms with Crippen molar-refractivity contribution in [2.45, 2.75) is 44.8 Å². The van der Waals surface area contributed by atoms with E-state index in [4.69, 9.17) is 9.84 Å². The topological polar surface area (TPSA) is 70.0 Å². The molecule has 1 aliphatic carbocycles. The van der Waals surface area contributed by atoms with E-state index in [-0.39, 0.29) is 19.0 Å². The lowest BCUT2D eigenvalue weighted by molar-refractivity contribution is -0.145. The summed E-state index contributed by atoms with van der Waals surface area (Å²) in [5, 5.41) is 18.8. The van der Waals surface area contributed by atoms with Crippen LogP contribution in [0.4, 0.5) is 0 Å². The van der Waals surface area contributed by atoms with Crippen LogP contribution >= 0.6 is 0 Å². The molecule has 0 radical (unpaired) electrons. The van der Waals surface area contributed by atoms with Crippen molar-refractivity contribution in [2.75, 3.05) is 26.3 Å². The number of aliphatic hydroxyl groups excluding tert-OH is 2. The lowest BCUT2D eigenvalue weighted by Gasteiger charge is -2.38. The van der Waals surface area contributed by atoms with Gasteiger partial charge in [0.1, 0.15) is 0 Å². The van der Waals surface area contributed by atoms with Gasteiger partial charge >= 0.3 is 5.97 Å². The van der Waals surface area contributed by atoms with Crippen LogP contribution in [0.5, 0.6) is 0 Å². The minimum absolute atomic E-state index is 0.0302. The highest BCUT2D eigenvalue weighted by Gasteiger charge is 2.26. The number of rotatable bonds is 8. The molecule has 0 spiro atoms. The van der Waals surface area contributed by atoms with Crippen LogP contribution in [-0.2, 0) is 9.53 Å². The largest absolute Gasteiger partial charge is 0.466 e. The highest BCUT2D eigenvalue weighted by Crippen LogP contribution is 2.24. The summed E-state index contributed by atoms with van der Waals surface area (Å²) in [6, 6.07) is 0.457. The van der Waals surface area contributed by atoms with Crippen molar-refractivity contribution >= 4 is 5.97 Å². The van der Waals surface area contributed by atoms with E-state index in [2.05, 4.69) is 4.90 Å². The Hall–Kier alpha value is -0.650. The smallest absolute Gasteiger partial charge is 0.308 e. The summed E-state index contributed by atoms with van der Waals surface area (Å²) >= 11 is 0. The van der Waals surface area contributed by atoms with Crippen molar-refractivity contribution in [3.8, 4) is 0 Å². The number of nitrogens with zero attached hydrogens (tertiary/aromatic N) is 1. The number of carbonyl (C=O) groups excluding carboxylic acids is 1. The van der Waals surface area contributed by atoms with Gasteiger partial charge in [-0.25, -0.2) is 0 Å². The third kappa shape index (κ3) is 5.02. The maximum atomic E-state index is 11.2. The molecule has 0 heterocycles. The molecule has 1 aliphatic rings. The van der Waals surface area contributed by atoms with Crippen LogP contribution < -0.4 is 0 Å². The molecule has 5 nitrogen and oxygen atoms in total. The van der Waals surface area contributed by atoms with Gasteiger partial charge in [-0.2, -0.15) is 0 Å². The van der Waals surface area contributed by atoms with E-state index >= 15 is 0 Å². The van der Waals surface area contributed by atoms with Gasteiger partial charge in [0.25, 0.3) is 0 Å². The number of ether oxygens (including phenoxy) is 1. The van der Waals surface area contributed by atoms with Crippen LogP contribution in [0.2, 0.25) is 0 Å². The Bertz CT molecular complexity index is 231. The van der Waals surface area contributed by atoms with Gasteiger partial charge in [0.2, 0.25) is 0 Å². The molecule has 5 heteroatoms. The monoisotopic (exact) mass is 245 g/mol. The number of hydrogen-bond acceptors (Lipinski definition) is 5. The molecule has 1 atom stereocenters. The molecule has 0 saturated heterocycles. The summed E-state index contributed by atoms with van der Waals surface area (Å²) in [4.78, 5) is 13.3. The number of aliphatic hydroxyl groups is 2. The lowest BCUT2D eigenvalue weighted by atomic mass is 9.91. The van der Waals surface area contributed by atoms with Gasteiger partial charge < -0.3 is 14.9 Å². The van der Waals surface area contributed by atoms with Crippen molar-refractivity contribution in [3.05, 3.63) is 0 Å². The second-order valence-corrected chi connectivity index (χ2v) is 4.47. The SMILES string of the molecule is CCOC(=O)CC(O)CN(CCO)C1CCC1. The van der Waals surface area contributed by atoms with E-state index < -0.39 is 6.10 Å². The molecule has 0 aromatic heterocycles. The zero-order valence-electron chi connectivity index (χ0n) is 10.5. The third-order valence-corrected chi connectivity index (χ3v) is 3.13. The predicted octanol–water partition coefficient (Wildman–Crippen LogP) is 0.147. The van der Waals surface area contributed by atoms with Gasteiger partial charge in [0.05, 0.1) is 25.7 Å². The second-order valence-electron chi connectivity index (χ2n) is 4.47. The van der Waals surface area contributed by atoms with Gasteiger partial charge in [0, 0.05) is 19.1 Å². The van der Waals surface area contributed by atoms with E-state index in [1.54, 1.807) is 6.92 Å². The van der Waals surface area contributed by atoms with Crippen LogP contribution in [0.15, 0.2) is 0 Å². The molecule has 2 N–H and O–H groups in total. The van der Waals surface area contributed by atoms with E-state index in [0.717, 1.165) is 12.8 Å². The molecule has 17 heavy (non-hydrogen) atoms. The summed E-state index contributed by atoms with van der Waals surface area (Å²) in [6.45, 7) is 3.17. The van der Waals surface area contributed by atoms with Crippen LogP contribution in [0, 0.1) is 0 Å². The Morgan fingerprint density at radius 3 is 2.71 bits per heavy atom. The molecule has 100 valence electrons. The highest BCUT2D eigenvalue weighted by atomic mass is 16.5. The minimum atomic E-state index is -0.707. The predicted molar refractivity (Wildman–Crippen MR) is 63.6 cm³/mol. The van der Waals surface area contributed by atoms with E-state index in [9.17, 15) is 9.90 Å². The molecule has 0 aliphatic heterocycles. The van der Waals surface area contributed by atoms with Gasteiger partial charge in [-0.15, -0.1) is 0 Å². The number of esters is 1. The van der Waals surface area contributed by atoms with Crippen molar-refractivity contribution in [3.63, 3.8) is 0 Å². The fourth-order valence-corrected chi connectivity index (χ4v) is 2.05. The maximum Gasteiger partial charge on any atom is 0.308 e. The second kappa shape index (κ2) is 7.63. The van der Waals surface area contributed by atoms with Crippen LogP contribution in [0.1, 0.15) is 32.6 Å². The average molecular weight is 245 g/mol. The molecule has 0 bridgehead atoms. The van der Waals surface area contributed by atoms with Crippen molar-refractivity contribution < 1.29 is 19.7 Å². The van der Waals surface area contributed by atoms with Crippen LogP contribution in [-0.4, -0.2) is 59.5 Å². The Balaban J connectivity index is 2.29. The molecular formula is C12H23NO4. The molecule has 1 saturated carbocycles. The minimum Gasteiger partial charge on any atom is -0.466 e. The molecule has 1 fully saturated rings. The molecule has 0 aromatic rings. The standard InChI is InChI=1S/C12H23NO4/c1-2-17-12(16)8-11(15)9-13(6-7-14)10-4-3-5-10/h10-11,14-15H,2-9H2,1H3. The maximum absolute atomic E-state index is 11.2. The fraction of sp³-hybridized carbons (Fsp3) is 0.917. The van der Waals surface area contributed by atoms with Gasteiger partial charge in [-0.05, 0) is 19.8 Å². The third-order valence-electron chi connectivity index (χ3n) is 3.13. The van der Waals surface area contributed by atoms with Crippen molar-refractivity contribution in [2.24, 2.45) is 0 Å². The Morgan fingerprint density at radius 1 is 1.53 bits per heavy atom. The first-order valence-corrected chi connectivity index (χ1v) is 6.36. The molecule has 1 rings (SSSR count). The molecular weight excluding hydrogens is 222 g/mol. The van der Waals surface area contributed by atoms with Gasteiger partial charge in [-0.1, -0.05) is 6.42 Å². The summed E-state index contributed by atoms with van der Waals surface area (Å²) in [5.74, 6) is -0.363. The molecule has 0 aromatic carbocycles. The van der Waals surface area contributed by atoms with Crippen LogP contribution in [0.25, 0.3) is 0 Å².